The Bertz CT molecular complexity index is 181. The summed E-state index contributed by atoms with van der Waals surface area (Å²) in [7, 11) is 0. The Morgan fingerprint density at radius 1 is 0.909 bits per heavy atom. The van der Waals surface area contributed by atoms with Gasteiger partial charge in [0.25, 0.3) is 0 Å². The number of rotatable bonds is 0. The molecule has 0 radical (unpaired) electrons. The van der Waals surface area contributed by atoms with E-state index in [1.807, 2.05) is 11.1 Å². The summed E-state index contributed by atoms with van der Waals surface area (Å²) in [5.74, 6) is 5.19. The van der Waals surface area contributed by atoms with Crippen LogP contribution in [0.2, 0.25) is 22.0 Å². The zero-order chi connectivity index (χ0) is 7.90. The fourth-order valence-corrected chi connectivity index (χ4v) is 9.58. The maximum atomic E-state index is 2.60. The van der Waals surface area contributed by atoms with Crippen LogP contribution in [0.5, 0.6) is 0 Å². The van der Waals surface area contributed by atoms with E-state index in [2.05, 4.69) is 11.5 Å². The van der Waals surface area contributed by atoms with Crippen molar-refractivity contribution < 1.29 is 0 Å². The predicted molar refractivity (Wildman–Crippen MR) is 52.6 cm³/mol. The van der Waals surface area contributed by atoms with Gasteiger partial charge in [0, 0.05) is 0 Å². The van der Waals surface area contributed by atoms with Crippen molar-refractivity contribution in [1.29, 1.82) is 0 Å². The summed E-state index contributed by atoms with van der Waals surface area (Å²) in [6.07, 6.45) is 5.89. The van der Waals surface area contributed by atoms with Crippen molar-refractivity contribution in [2.45, 2.75) is 47.7 Å². The second-order valence-corrected chi connectivity index (χ2v) is 15.5. The molecule has 1 aliphatic heterocycles. The molecule has 0 N–H and O–H groups in total. The average Bonchev–Trinajstić information content (AvgIpc) is 2.21. The van der Waals surface area contributed by atoms with Crippen LogP contribution in [0.1, 0.15) is 25.7 Å². The summed E-state index contributed by atoms with van der Waals surface area (Å²) < 4.78 is 0. The first kappa shape index (κ1) is 7.91. The third-order valence-electron chi connectivity index (χ3n) is 3.09. The molecule has 1 heteroatoms. The summed E-state index contributed by atoms with van der Waals surface area (Å²) in [5, 5.41) is 3.16. The Balaban J connectivity index is 2.16. The third kappa shape index (κ3) is 1.56. The summed E-state index contributed by atoms with van der Waals surface area (Å²) in [4.78, 5) is 0. The minimum absolute atomic E-state index is 1.21. The fraction of sp³-hybridized carbons (Fsp3) is 0.800. The maximum absolute atomic E-state index is 2.60. The van der Waals surface area contributed by atoms with Gasteiger partial charge in [0.1, 0.15) is 0 Å². The molecule has 0 aromatic carbocycles. The van der Waals surface area contributed by atoms with Crippen LogP contribution in [0, 0.1) is 0 Å². The Kier molecular flexibility index (Phi) is 1.91. The molecule has 0 saturated carbocycles. The molecule has 1 heterocycles. The third-order valence-corrected chi connectivity index (χ3v) is 8.90. The van der Waals surface area contributed by atoms with Gasteiger partial charge in [-0.3, -0.25) is 0 Å². The van der Waals surface area contributed by atoms with Crippen molar-refractivity contribution >= 4 is 13.3 Å². The normalized spacial score (nSPS) is 28.9. The van der Waals surface area contributed by atoms with Gasteiger partial charge >= 0.3 is 72.1 Å². The Morgan fingerprint density at radius 2 is 1.36 bits per heavy atom. The van der Waals surface area contributed by atoms with Crippen LogP contribution in [0.25, 0.3) is 0 Å². The van der Waals surface area contributed by atoms with Crippen molar-refractivity contribution in [3.63, 3.8) is 0 Å². The second kappa shape index (κ2) is 2.65. The summed E-state index contributed by atoms with van der Waals surface area (Å²) in [6.45, 7) is 0. The second-order valence-electron chi connectivity index (χ2n) is 4.93. The van der Waals surface area contributed by atoms with E-state index in [4.69, 9.17) is 0 Å². The molecule has 0 spiro atoms. The van der Waals surface area contributed by atoms with Crippen LogP contribution in [-0.2, 0) is 0 Å². The molecule has 0 aromatic heterocycles. The van der Waals surface area contributed by atoms with Crippen LogP contribution >= 0.6 is 0 Å². The van der Waals surface area contributed by atoms with Gasteiger partial charge in [-0.1, -0.05) is 0 Å². The fourth-order valence-electron chi connectivity index (χ4n) is 2.67. The molecular weight excluding hydrogens is 193 g/mol. The molecule has 0 aromatic rings. The molecule has 0 nitrogen and oxygen atoms in total. The summed E-state index contributed by atoms with van der Waals surface area (Å²) in [5.41, 5.74) is 3.81. The van der Waals surface area contributed by atoms with Gasteiger partial charge in [0.15, 0.2) is 0 Å². The molecule has 1 aliphatic carbocycles. The molecule has 2 aliphatic rings. The van der Waals surface area contributed by atoms with Gasteiger partial charge in [0.05, 0.1) is 0 Å². The van der Waals surface area contributed by atoms with Crippen molar-refractivity contribution in [2.75, 3.05) is 0 Å². The molecule has 0 unspecified atom stereocenters. The van der Waals surface area contributed by atoms with Crippen molar-refractivity contribution in [2.24, 2.45) is 0 Å². The number of hydrogen-bond acceptors (Lipinski definition) is 0. The van der Waals surface area contributed by atoms with Gasteiger partial charge in [-0.25, -0.2) is 0 Å². The van der Waals surface area contributed by atoms with E-state index in [1.165, 1.54) is 25.7 Å². The van der Waals surface area contributed by atoms with Gasteiger partial charge in [-0.15, -0.1) is 0 Å². The van der Waals surface area contributed by atoms with E-state index in [9.17, 15) is 0 Å². The van der Waals surface area contributed by atoms with Crippen LogP contribution < -0.4 is 0 Å². The van der Waals surface area contributed by atoms with E-state index < -0.39 is 13.3 Å². The molecule has 2 rings (SSSR count). The SMILES string of the molecule is [CH3][Ge]1([CH3])[CH2]C2=C(CCCC2)[CH2]1. The first-order chi connectivity index (χ1) is 5.17. The standard InChI is InChI=1S/C10H18Ge/c1-11(2)7-9-5-3-4-6-10(9)8-11/h3-8H2,1-2H3. The van der Waals surface area contributed by atoms with Crippen molar-refractivity contribution in [1.82, 2.24) is 0 Å². The molecule has 0 fully saturated rings. The average molecular weight is 211 g/mol. The van der Waals surface area contributed by atoms with Crippen molar-refractivity contribution in [3.8, 4) is 0 Å². The minimum atomic E-state index is -1.21. The van der Waals surface area contributed by atoms with E-state index in [0.717, 1.165) is 0 Å². The Morgan fingerprint density at radius 3 is 1.82 bits per heavy atom. The van der Waals surface area contributed by atoms with E-state index in [-0.39, 0.29) is 0 Å². The first-order valence-electron chi connectivity index (χ1n) is 4.87. The predicted octanol–water partition coefficient (Wildman–Crippen LogP) is 3.58. The monoisotopic (exact) mass is 212 g/mol. The summed E-state index contributed by atoms with van der Waals surface area (Å²) >= 11 is -1.21. The molecule has 11 heavy (non-hydrogen) atoms. The molecule has 0 bridgehead atoms. The quantitative estimate of drug-likeness (QED) is 0.424. The van der Waals surface area contributed by atoms with Gasteiger partial charge in [0.2, 0.25) is 0 Å². The van der Waals surface area contributed by atoms with Crippen LogP contribution in [-0.4, -0.2) is 13.3 Å². The number of allylic oxidation sites excluding steroid dienone is 2. The molecule has 0 saturated heterocycles. The molecular formula is C10H18Ge. The van der Waals surface area contributed by atoms with Gasteiger partial charge in [-0.2, -0.15) is 0 Å². The van der Waals surface area contributed by atoms with Crippen LogP contribution in [0.4, 0.5) is 0 Å². The van der Waals surface area contributed by atoms with E-state index >= 15 is 0 Å². The van der Waals surface area contributed by atoms with Gasteiger partial charge in [-0.05, 0) is 0 Å². The van der Waals surface area contributed by atoms with E-state index in [1.54, 1.807) is 10.5 Å². The first-order valence-corrected chi connectivity index (χ1v) is 12.0. The number of hydrogen-bond donors (Lipinski definition) is 0. The van der Waals surface area contributed by atoms with Crippen LogP contribution in [0.3, 0.4) is 0 Å². The zero-order valence-corrected chi connectivity index (χ0v) is 9.84. The zero-order valence-electron chi connectivity index (χ0n) is 7.74. The van der Waals surface area contributed by atoms with Gasteiger partial charge < -0.3 is 0 Å². The molecule has 0 atom stereocenters. The topological polar surface area (TPSA) is 0 Å². The van der Waals surface area contributed by atoms with Crippen LogP contribution in [0.15, 0.2) is 11.1 Å². The molecule has 0 amide bonds. The Labute approximate surface area is 72.4 Å². The Hall–Kier alpha value is 0.283. The van der Waals surface area contributed by atoms with E-state index in [0.29, 0.717) is 0 Å². The molecule has 62 valence electrons. The van der Waals surface area contributed by atoms with Crippen molar-refractivity contribution in [3.05, 3.63) is 11.1 Å². The summed E-state index contributed by atoms with van der Waals surface area (Å²) in [6, 6.07) is 0.